The zero-order valence-corrected chi connectivity index (χ0v) is 12.8. The van der Waals surface area contributed by atoms with Crippen LogP contribution in [0.5, 0.6) is 0 Å². The Hall–Kier alpha value is -1.60. The Morgan fingerprint density at radius 1 is 0.947 bits per heavy atom. The molecule has 0 unspecified atom stereocenters. The van der Waals surface area contributed by atoms with Gasteiger partial charge >= 0.3 is 0 Å². The summed E-state index contributed by atoms with van der Waals surface area (Å²) in [6.45, 7) is 4.11. The lowest BCUT2D eigenvalue weighted by Crippen LogP contribution is -1.85. The van der Waals surface area contributed by atoms with E-state index >= 15 is 0 Å². The molecule has 0 heterocycles. The summed E-state index contributed by atoms with van der Waals surface area (Å²) < 4.78 is 1.10. The Bertz CT molecular complexity index is 607. The summed E-state index contributed by atoms with van der Waals surface area (Å²) in [5.41, 5.74) is 4.93. The third-order valence-electron chi connectivity index (χ3n) is 3.00. The van der Waals surface area contributed by atoms with Crippen molar-refractivity contribution < 1.29 is 0 Å². The van der Waals surface area contributed by atoms with Crippen LogP contribution in [0, 0.1) is 0 Å². The van der Waals surface area contributed by atoms with Crippen molar-refractivity contribution in [2.24, 2.45) is 0 Å². The Kier molecular flexibility index (Phi) is 4.75. The van der Waals surface area contributed by atoms with Crippen LogP contribution < -0.4 is 0 Å². The van der Waals surface area contributed by atoms with Gasteiger partial charge in [0.2, 0.25) is 0 Å². The topological polar surface area (TPSA) is 0 Å². The molecule has 0 nitrogen and oxygen atoms in total. The minimum Gasteiger partial charge on any atom is -0.0871 e. The van der Waals surface area contributed by atoms with Crippen LogP contribution in [0.15, 0.2) is 71.2 Å². The normalized spacial score (nSPS) is 12.1. The Labute approximate surface area is 123 Å². The third-order valence-corrected chi connectivity index (χ3v) is 3.45. The van der Waals surface area contributed by atoms with Gasteiger partial charge in [0.1, 0.15) is 0 Å². The molecule has 0 aliphatic carbocycles. The minimum atomic E-state index is 1.10. The Morgan fingerprint density at radius 2 is 1.68 bits per heavy atom. The molecular formula is C18H17Br. The van der Waals surface area contributed by atoms with Gasteiger partial charge in [-0.05, 0) is 54.3 Å². The molecule has 0 spiro atoms. The molecule has 0 saturated carbocycles. The van der Waals surface area contributed by atoms with Gasteiger partial charge < -0.3 is 0 Å². The number of allylic oxidation sites excluding steroid dienone is 4. The van der Waals surface area contributed by atoms with Crippen LogP contribution in [0.2, 0.25) is 0 Å². The standard InChI is InChI=1S/C18H17Br/c1-3-8-14(4-2)16-11-17(13-18(19)12-16)15-9-6-5-7-10-15/h3-13H,1-2H3/b8-3-,14-4+. The summed E-state index contributed by atoms with van der Waals surface area (Å²) >= 11 is 3.61. The van der Waals surface area contributed by atoms with Crippen molar-refractivity contribution in [3.05, 3.63) is 76.8 Å². The van der Waals surface area contributed by atoms with Crippen molar-refractivity contribution in [2.45, 2.75) is 13.8 Å². The van der Waals surface area contributed by atoms with E-state index in [0.29, 0.717) is 0 Å². The zero-order chi connectivity index (χ0) is 13.7. The minimum absolute atomic E-state index is 1.10. The maximum absolute atomic E-state index is 3.61. The van der Waals surface area contributed by atoms with Crippen molar-refractivity contribution in [3.8, 4) is 11.1 Å². The number of hydrogen-bond donors (Lipinski definition) is 0. The molecule has 0 bridgehead atoms. The highest BCUT2D eigenvalue weighted by Crippen LogP contribution is 2.28. The maximum atomic E-state index is 3.61. The van der Waals surface area contributed by atoms with Gasteiger partial charge in [0.15, 0.2) is 0 Å². The summed E-state index contributed by atoms with van der Waals surface area (Å²) in [7, 11) is 0. The Balaban J connectivity index is 2.52. The SMILES string of the molecule is C/C=C\C(=C/C)c1cc(Br)cc(-c2ccccc2)c1. The molecular weight excluding hydrogens is 296 g/mol. The number of benzene rings is 2. The molecule has 0 aliphatic rings. The first kappa shape index (κ1) is 13.8. The second kappa shape index (κ2) is 6.53. The fourth-order valence-corrected chi connectivity index (χ4v) is 2.59. The van der Waals surface area contributed by atoms with E-state index in [2.05, 4.69) is 83.5 Å². The molecule has 1 heteroatoms. The smallest absolute Gasteiger partial charge is 0.0187 e. The molecule has 19 heavy (non-hydrogen) atoms. The van der Waals surface area contributed by atoms with E-state index in [4.69, 9.17) is 0 Å². The van der Waals surface area contributed by atoms with Gasteiger partial charge in [-0.2, -0.15) is 0 Å². The second-order valence-electron chi connectivity index (χ2n) is 4.34. The highest BCUT2D eigenvalue weighted by Gasteiger charge is 2.04. The van der Waals surface area contributed by atoms with Crippen molar-refractivity contribution in [1.29, 1.82) is 0 Å². The zero-order valence-electron chi connectivity index (χ0n) is 11.2. The summed E-state index contributed by atoms with van der Waals surface area (Å²) in [6.07, 6.45) is 6.34. The van der Waals surface area contributed by atoms with E-state index in [0.717, 1.165) is 4.47 Å². The predicted octanol–water partition coefficient (Wildman–Crippen LogP) is 6.10. The van der Waals surface area contributed by atoms with Crippen LogP contribution >= 0.6 is 15.9 Å². The lowest BCUT2D eigenvalue weighted by molar-refractivity contribution is 1.53. The first-order chi connectivity index (χ1) is 9.24. The summed E-state index contributed by atoms with van der Waals surface area (Å²) in [5.74, 6) is 0. The molecule has 0 radical (unpaired) electrons. The average Bonchev–Trinajstić information content (AvgIpc) is 2.45. The fourth-order valence-electron chi connectivity index (χ4n) is 2.09. The molecule has 2 aromatic carbocycles. The fraction of sp³-hybridized carbons (Fsp3) is 0.111. The molecule has 0 aliphatic heterocycles. The van der Waals surface area contributed by atoms with E-state index < -0.39 is 0 Å². The van der Waals surface area contributed by atoms with Crippen LogP contribution in [0.1, 0.15) is 19.4 Å². The van der Waals surface area contributed by atoms with Crippen molar-refractivity contribution >= 4 is 21.5 Å². The van der Waals surface area contributed by atoms with Crippen LogP contribution in [0.4, 0.5) is 0 Å². The molecule has 0 aromatic heterocycles. The van der Waals surface area contributed by atoms with Crippen LogP contribution in [0.25, 0.3) is 16.7 Å². The average molecular weight is 313 g/mol. The Morgan fingerprint density at radius 3 is 2.32 bits per heavy atom. The monoisotopic (exact) mass is 312 g/mol. The van der Waals surface area contributed by atoms with Gasteiger partial charge in [0.25, 0.3) is 0 Å². The van der Waals surface area contributed by atoms with Crippen molar-refractivity contribution in [1.82, 2.24) is 0 Å². The number of halogens is 1. The van der Waals surface area contributed by atoms with Gasteiger partial charge in [-0.25, -0.2) is 0 Å². The van der Waals surface area contributed by atoms with Gasteiger partial charge in [-0.15, -0.1) is 0 Å². The predicted molar refractivity (Wildman–Crippen MR) is 88.0 cm³/mol. The molecule has 2 aromatic rings. The molecule has 96 valence electrons. The maximum Gasteiger partial charge on any atom is 0.0187 e. The largest absolute Gasteiger partial charge is 0.0871 e. The molecule has 0 saturated heterocycles. The van der Waals surface area contributed by atoms with E-state index in [-0.39, 0.29) is 0 Å². The van der Waals surface area contributed by atoms with E-state index in [1.807, 2.05) is 13.0 Å². The van der Waals surface area contributed by atoms with E-state index in [9.17, 15) is 0 Å². The molecule has 0 N–H and O–H groups in total. The van der Waals surface area contributed by atoms with Crippen molar-refractivity contribution in [2.75, 3.05) is 0 Å². The first-order valence-corrected chi connectivity index (χ1v) is 7.19. The van der Waals surface area contributed by atoms with Gasteiger partial charge in [-0.3, -0.25) is 0 Å². The van der Waals surface area contributed by atoms with Crippen LogP contribution in [-0.2, 0) is 0 Å². The lowest BCUT2D eigenvalue weighted by atomic mass is 9.99. The van der Waals surface area contributed by atoms with E-state index in [1.54, 1.807) is 0 Å². The van der Waals surface area contributed by atoms with Gasteiger partial charge in [-0.1, -0.05) is 64.5 Å². The van der Waals surface area contributed by atoms with Gasteiger partial charge in [0.05, 0.1) is 0 Å². The summed E-state index contributed by atoms with van der Waals surface area (Å²) in [5, 5.41) is 0. The molecule has 2 rings (SSSR count). The third kappa shape index (κ3) is 3.45. The van der Waals surface area contributed by atoms with Gasteiger partial charge in [0, 0.05) is 4.47 Å². The highest BCUT2D eigenvalue weighted by molar-refractivity contribution is 9.10. The quantitative estimate of drug-likeness (QED) is 0.601. The highest BCUT2D eigenvalue weighted by atomic mass is 79.9. The van der Waals surface area contributed by atoms with E-state index in [1.165, 1.54) is 22.3 Å². The summed E-state index contributed by atoms with van der Waals surface area (Å²) in [4.78, 5) is 0. The van der Waals surface area contributed by atoms with Crippen LogP contribution in [0.3, 0.4) is 0 Å². The molecule has 0 atom stereocenters. The molecule has 0 fully saturated rings. The second-order valence-corrected chi connectivity index (χ2v) is 5.25. The van der Waals surface area contributed by atoms with Crippen LogP contribution in [-0.4, -0.2) is 0 Å². The van der Waals surface area contributed by atoms with Crippen molar-refractivity contribution in [3.63, 3.8) is 0 Å². The lowest BCUT2D eigenvalue weighted by Gasteiger charge is -2.08. The number of rotatable bonds is 3. The summed E-state index contributed by atoms with van der Waals surface area (Å²) in [6, 6.07) is 17.0. The molecule has 0 amide bonds. The first-order valence-electron chi connectivity index (χ1n) is 6.40. The number of hydrogen-bond acceptors (Lipinski definition) is 0.